The third-order valence-electron chi connectivity index (χ3n) is 0. The van der Waals surface area contributed by atoms with Crippen molar-refractivity contribution < 1.29 is 61.6 Å². The van der Waals surface area contributed by atoms with Crippen LogP contribution in [0.4, 0.5) is 0 Å². The first-order chi connectivity index (χ1) is 0. The molecule has 0 amide bonds. The first kappa shape index (κ1) is 50.3. The monoisotopic (exact) mass is 292 g/mol. The second kappa shape index (κ2) is 31.2. The van der Waals surface area contributed by atoms with E-state index in [1.54, 1.807) is 0 Å². The summed E-state index contributed by atoms with van der Waals surface area (Å²) in [5, 5.41) is 0. The van der Waals surface area contributed by atoms with Gasteiger partial charge in [-0.25, -0.2) is 0 Å². The fourth-order valence-electron chi connectivity index (χ4n) is 0. The summed E-state index contributed by atoms with van der Waals surface area (Å²) in [6, 6.07) is 0. The molecule has 0 fully saturated rings. The topological polar surface area (TPSA) is 28.5 Å². The summed E-state index contributed by atoms with van der Waals surface area (Å²) in [5.41, 5.74) is 0. The maximum Gasteiger partial charge on any atom is 4.00 e. The molecule has 0 rings (SSSR count). The van der Waals surface area contributed by atoms with Crippen LogP contribution in [0.3, 0.4) is 0 Å². The van der Waals surface area contributed by atoms with Gasteiger partial charge in [-0.3, -0.25) is 0 Å². The molecule has 5 heavy (non-hydrogen) atoms. The molecule has 0 aliphatic rings. The summed E-state index contributed by atoms with van der Waals surface area (Å²) in [5.74, 6) is 0. The molecule has 0 aromatic heterocycles. The molecule has 0 saturated carbocycles. The Balaban J connectivity index is 0. The third-order valence-corrected chi connectivity index (χ3v) is 0. The van der Waals surface area contributed by atoms with Gasteiger partial charge in [-0.15, -0.1) is 0 Å². The molecular formula is CrFeOSnTi+11. The minimum atomic E-state index is 0. The minimum Gasteiger partial charge on any atom is -2.00 e. The Kier molecular flexibility index (Phi) is 314. The van der Waals surface area contributed by atoms with Gasteiger partial charge in [-0.1, -0.05) is 0 Å². The Labute approximate surface area is 84.4 Å². The maximum absolute atomic E-state index is 0. The van der Waals surface area contributed by atoms with Gasteiger partial charge in [0.05, 0.1) is 0 Å². The van der Waals surface area contributed by atoms with Gasteiger partial charge in [-0.05, 0) is 0 Å². The van der Waals surface area contributed by atoms with Crippen molar-refractivity contribution in [2.75, 3.05) is 0 Å². The fraction of sp³-hybridized carbons (Fsp3) is 0. The molecule has 5 heteroatoms. The van der Waals surface area contributed by atoms with Gasteiger partial charge in [0.25, 0.3) is 0 Å². The van der Waals surface area contributed by atoms with Crippen LogP contribution in [0.25, 0.3) is 0 Å². The van der Waals surface area contributed by atoms with Crippen molar-refractivity contribution in [3.63, 3.8) is 0 Å². The molecule has 0 spiro atoms. The number of hydrogen-bond acceptors (Lipinski definition) is 0. The van der Waals surface area contributed by atoms with Crippen LogP contribution in [-0.2, 0) is 61.6 Å². The number of rotatable bonds is 0. The summed E-state index contributed by atoms with van der Waals surface area (Å²) < 4.78 is 0. The van der Waals surface area contributed by atoms with Crippen LogP contribution in [0.1, 0.15) is 0 Å². The molecule has 0 unspecified atom stereocenters. The van der Waals surface area contributed by atoms with E-state index in [0.717, 1.165) is 0 Å². The summed E-state index contributed by atoms with van der Waals surface area (Å²) in [6.07, 6.45) is 0. The second-order valence-electron chi connectivity index (χ2n) is 0. The predicted octanol–water partition coefficient (Wildman–Crippen LogP) is -0.507. The summed E-state index contributed by atoms with van der Waals surface area (Å²) in [4.78, 5) is 0. The van der Waals surface area contributed by atoms with Crippen molar-refractivity contribution in [1.82, 2.24) is 0 Å². The summed E-state index contributed by atoms with van der Waals surface area (Å²) in [7, 11) is 0. The molecule has 0 aliphatic heterocycles. The van der Waals surface area contributed by atoms with Crippen LogP contribution in [0.2, 0.25) is 0 Å². The fourth-order valence-corrected chi connectivity index (χ4v) is 0. The molecule has 0 heterocycles. The molecule has 0 aromatic rings. The third kappa shape index (κ3) is 21.0. The first-order valence-corrected chi connectivity index (χ1v) is 0. The van der Waals surface area contributed by atoms with Crippen LogP contribution in [-0.4, -0.2) is 23.9 Å². The zero-order valence-electron chi connectivity index (χ0n) is 2.17. The Morgan fingerprint density at radius 2 is 1.00 bits per heavy atom. The van der Waals surface area contributed by atoms with E-state index in [-0.39, 0.29) is 85.5 Å². The quantitative estimate of drug-likeness (QED) is 0.538. The normalized spacial score (nSPS) is 0. The van der Waals surface area contributed by atoms with Crippen molar-refractivity contribution in [3.05, 3.63) is 0 Å². The van der Waals surface area contributed by atoms with Crippen LogP contribution in [0.5, 0.6) is 0 Å². The van der Waals surface area contributed by atoms with Crippen LogP contribution in [0, 0.1) is 0 Å². The molecule has 1 nitrogen and oxygen atoms in total. The maximum atomic E-state index is 0. The minimum absolute atomic E-state index is 0. The van der Waals surface area contributed by atoms with Crippen LogP contribution in [0.15, 0.2) is 0 Å². The predicted molar refractivity (Wildman–Crippen MR) is 6.44 cm³/mol. The Hall–Kier alpha value is 2.52. The van der Waals surface area contributed by atoms with Gasteiger partial charge in [0.15, 0.2) is 0 Å². The van der Waals surface area contributed by atoms with Crippen molar-refractivity contribution in [2.24, 2.45) is 0 Å². The molecule has 0 aliphatic carbocycles. The van der Waals surface area contributed by atoms with Crippen molar-refractivity contribution in [1.29, 1.82) is 0 Å². The molecule has 0 aromatic carbocycles. The second-order valence-corrected chi connectivity index (χ2v) is 0. The Morgan fingerprint density at radius 3 is 1.00 bits per heavy atom. The zero-order chi connectivity index (χ0) is 0. The van der Waals surface area contributed by atoms with Gasteiger partial charge < -0.3 is 5.48 Å². The zero-order valence-corrected chi connectivity index (χ0v) is 8.96. The summed E-state index contributed by atoms with van der Waals surface area (Å²) in [6.45, 7) is 0. The molecule has 0 atom stereocenters. The van der Waals surface area contributed by atoms with E-state index >= 15 is 0 Å². The van der Waals surface area contributed by atoms with Gasteiger partial charge in [0.1, 0.15) is 0 Å². The molecule has 0 N–H and O–H groups in total. The Bertz CT molecular complexity index is 11.6. The smallest absolute Gasteiger partial charge is 2.00 e. The molecular weight excluding hydrogens is 290 g/mol. The van der Waals surface area contributed by atoms with Gasteiger partial charge in [0.2, 0.25) is 0 Å². The van der Waals surface area contributed by atoms with Crippen molar-refractivity contribution >= 4 is 23.9 Å². The van der Waals surface area contributed by atoms with Crippen molar-refractivity contribution in [2.45, 2.75) is 0 Å². The van der Waals surface area contributed by atoms with Gasteiger partial charge in [-0.2, -0.15) is 0 Å². The van der Waals surface area contributed by atoms with Gasteiger partial charge >= 0.3 is 80.1 Å². The average Bonchev–Trinajstić information content (AvgIpc) is 0. The van der Waals surface area contributed by atoms with Crippen molar-refractivity contribution in [3.8, 4) is 0 Å². The molecule has 0 saturated heterocycles. The Morgan fingerprint density at radius 1 is 1.00 bits per heavy atom. The van der Waals surface area contributed by atoms with Gasteiger partial charge in [0, 0.05) is 0 Å². The first-order valence-electron chi connectivity index (χ1n) is 0. The molecule has 0 bridgehead atoms. The average molecular weight is 290 g/mol. The largest absolute Gasteiger partial charge is 4.00 e. The SMILES string of the molecule is [Cr+3].[Fe+2].[O-2].[Sn+4].[Ti+4]. The molecule has 1 radical (unpaired) electrons. The van der Waals surface area contributed by atoms with E-state index in [1.807, 2.05) is 0 Å². The molecule has 17 valence electrons. The van der Waals surface area contributed by atoms with E-state index < -0.39 is 0 Å². The van der Waals surface area contributed by atoms with E-state index in [0.29, 0.717) is 0 Å². The van der Waals surface area contributed by atoms with Crippen LogP contribution >= 0.6 is 0 Å². The van der Waals surface area contributed by atoms with E-state index in [9.17, 15) is 0 Å². The number of hydrogen-bond donors (Lipinski definition) is 0. The van der Waals surface area contributed by atoms with E-state index in [1.165, 1.54) is 0 Å². The van der Waals surface area contributed by atoms with E-state index in [2.05, 4.69) is 0 Å². The van der Waals surface area contributed by atoms with E-state index in [4.69, 9.17) is 0 Å². The summed E-state index contributed by atoms with van der Waals surface area (Å²) >= 11 is 0. The standard InChI is InChI=1S/Cr.Fe.O.Sn.Ti/q+3;+2;-2;2*+4. The van der Waals surface area contributed by atoms with Crippen LogP contribution < -0.4 is 0 Å².